The molecular formula is C15H16N4O2. The molecule has 1 aliphatic rings. The van der Waals surface area contributed by atoms with E-state index in [-0.39, 0.29) is 5.75 Å². The summed E-state index contributed by atoms with van der Waals surface area (Å²) in [6.45, 7) is 1.56. The van der Waals surface area contributed by atoms with E-state index >= 15 is 0 Å². The van der Waals surface area contributed by atoms with Crippen LogP contribution in [0.5, 0.6) is 5.75 Å². The molecule has 3 N–H and O–H groups in total. The van der Waals surface area contributed by atoms with E-state index in [1.807, 2.05) is 6.07 Å². The van der Waals surface area contributed by atoms with Crippen LogP contribution in [-0.2, 0) is 4.74 Å². The zero-order chi connectivity index (χ0) is 14.2. The van der Waals surface area contributed by atoms with Crippen molar-refractivity contribution in [2.45, 2.75) is 18.9 Å². The lowest BCUT2D eigenvalue weighted by molar-refractivity contribution is 0.0904. The Morgan fingerprint density at radius 2 is 2.10 bits per heavy atom. The molecule has 1 aliphatic heterocycles. The van der Waals surface area contributed by atoms with Crippen LogP contribution in [0, 0.1) is 0 Å². The lowest BCUT2D eigenvalue weighted by Gasteiger charge is -2.23. The zero-order valence-corrected chi connectivity index (χ0v) is 11.5. The summed E-state index contributed by atoms with van der Waals surface area (Å²) < 4.78 is 5.38. The van der Waals surface area contributed by atoms with E-state index in [2.05, 4.69) is 20.3 Å². The molecule has 0 aliphatic carbocycles. The van der Waals surface area contributed by atoms with Crippen molar-refractivity contribution in [2.75, 3.05) is 18.5 Å². The first kappa shape index (κ1) is 12.4. The molecule has 1 aromatic carbocycles. The molecule has 6 nitrogen and oxygen atoms in total. The van der Waals surface area contributed by atoms with Crippen molar-refractivity contribution in [3.63, 3.8) is 0 Å². The van der Waals surface area contributed by atoms with Gasteiger partial charge in [-0.25, -0.2) is 9.97 Å². The van der Waals surface area contributed by atoms with Crippen LogP contribution in [0.2, 0.25) is 0 Å². The van der Waals surface area contributed by atoms with Crippen molar-refractivity contribution >= 4 is 27.8 Å². The van der Waals surface area contributed by atoms with Crippen molar-refractivity contribution in [2.24, 2.45) is 0 Å². The number of aromatic nitrogens is 3. The summed E-state index contributed by atoms with van der Waals surface area (Å²) in [5.74, 6) is 1.05. The maximum absolute atomic E-state index is 9.73. The SMILES string of the molecule is Oc1ccc2[nH]c3ncnc(NC4CCOCC4)c3c2c1. The third-order valence-corrected chi connectivity index (χ3v) is 3.93. The second-order valence-corrected chi connectivity index (χ2v) is 5.33. The summed E-state index contributed by atoms with van der Waals surface area (Å²) in [5.41, 5.74) is 1.72. The molecule has 2 aromatic heterocycles. The van der Waals surface area contributed by atoms with Crippen LogP contribution in [0.15, 0.2) is 24.5 Å². The van der Waals surface area contributed by atoms with Crippen LogP contribution in [0.4, 0.5) is 5.82 Å². The van der Waals surface area contributed by atoms with Gasteiger partial charge in [-0.05, 0) is 31.0 Å². The van der Waals surface area contributed by atoms with Gasteiger partial charge in [-0.15, -0.1) is 0 Å². The zero-order valence-electron chi connectivity index (χ0n) is 11.5. The van der Waals surface area contributed by atoms with Crippen LogP contribution in [-0.4, -0.2) is 39.3 Å². The number of fused-ring (bicyclic) bond motifs is 3. The van der Waals surface area contributed by atoms with E-state index in [0.717, 1.165) is 53.8 Å². The Hall–Kier alpha value is -2.34. The number of aromatic amines is 1. The molecule has 0 unspecified atom stereocenters. The van der Waals surface area contributed by atoms with Gasteiger partial charge in [0.2, 0.25) is 0 Å². The molecule has 21 heavy (non-hydrogen) atoms. The normalized spacial score (nSPS) is 16.6. The molecule has 0 atom stereocenters. The summed E-state index contributed by atoms with van der Waals surface area (Å²) in [7, 11) is 0. The average Bonchev–Trinajstić information content (AvgIpc) is 2.87. The number of ether oxygens (including phenoxy) is 1. The maximum Gasteiger partial charge on any atom is 0.143 e. The van der Waals surface area contributed by atoms with Gasteiger partial charge in [-0.3, -0.25) is 0 Å². The molecule has 3 heterocycles. The van der Waals surface area contributed by atoms with Crippen molar-refractivity contribution in [1.29, 1.82) is 0 Å². The van der Waals surface area contributed by atoms with E-state index in [1.165, 1.54) is 0 Å². The van der Waals surface area contributed by atoms with Crippen LogP contribution in [0.1, 0.15) is 12.8 Å². The second kappa shape index (κ2) is 4.89. The van der Waals surface area contributed by atoms with Gasteiger partial charge >= 0.3 is 0 Å². The molecule has 4 rings (SSSR count). The van der Waals surface area contributed by atoms with Crippen LogP contribution in [0.3, 0.4) is 0 Å². The topological polar surface area (TPSA) is 83.1 Å². The fourth-order valence-electron chi connectivity index (χ4n) is 2.86. The highest BCUT2D eigenvalue weighted by Crippen LogP contribution is 2.31. The van der Waals surface area contributed by atoms with Crippen LogP contribution >= 0.6 is 0 Å². The summed E-state index contributed by atoms with van der Waals surface area (Å²) >= 11 is 0. The smallest absolute Gasteiger partial charge is 0.143 e. The highest BCUT2D eigenvalue weighted by atomic mass is 16.5. The number of phenols is 1. The van der Waals surface area contributed by atoms with Gasteiger partial charge in [0.05, 0.1) is 5.39 Å². The van der Waals surface area contributed by atoms with Crippen molar-refractivity contribution in [3.8, 4) is 5.75 Å². The van der Waals surface area contributed by atoms with E-state index in [0.29, 0.717) is 6.04 Å². The molecular weight excluding hydrogens is 268 g/mol. The Bertz CT molecular complexity index is 793. The minimum Gasteiger partial charge on any atom is -0.508 e. The molecule has 1 fully saturated rings. The van der Waals surface area contributed by atoms with Gasteiger partial charge in [0.15, 0.2) is 0 Å². The number of benzene rings is 1. The molecule has 0 radical (unpaired) electrons. The van der Waals surface area contributed by atoms with Crippen LogP contribution in [0.25, 0.3) is 21.9 Å². The van der Waals surface area contributed by atoms with Gasteiger partial charge in [-0.2, -0.15) is 0 Å². The summed E-state index contributed by atoms with van der Waals surface area (Å²) in [6.07, 6.45) is 3.50. The van der Waals surface area contributed by atoms with Crippen LogP contribution < -0.4 is 5.32 Å². The second-order valence-electron chi connectivity index (χ2n) is 5.33. The number of hydrogen-bond donors (Lipinski definition) is 3. The Morgan fingerprint density at radius 1 is 1.24 bits per heavy atom. The summed E-state index contributed by atoms with van der Waals surface area (Å²) in [5, 5.41) is 15.1. The minimum atomic E-state index is 0.240. The van der Waals surface area contributed by atoms with E-state index in [4.69, 9.17) is 4.74 Å². The molecule has 0 saturated carbocycles. The first-order chi connectivity index (χ1) is 10.3. The Morgan fingerprint density at radius 3 is 2.95 bits per heavy atom. The molecule has 0 amide bonds. The predicted octanol–water partition coefficient (Wildman–Crippen LogP) is 2.41. The number of nitrogens with zero attached hydrogens (tertiary/aromatic N) is 2. The molecule has 0 spiro atoms. The van der Waals surface area contributed by atoms with Crippen molar-refractivity contribution < 1.29 is 9.84 Å². The molecule has 1 saturated heterocycles. The highest BCUT2D eigenvalue weighted by Gasteiger charge is 2.17. The number of hydrogen-bond acceptors (Lipinski definition) is 5. The monoisotopic (exact) mass is 284 g/mol. The van der Waals surface area contributed by atoms with Gasteiger partial charge < -0.3 is 20.1 Å². The van der Waals surface area contributed by atoms with Gasteiger partial charge in [-0.1, -0.05) is 0 Å². The standard InChI is InChI=1S/C15H16N4O2/c20-10-1-2-12-11(7-10)13-14(16-8-17-15(13)19-12)18-9-3-5-21-6-4-9/h1-2,7-9,20H,3-6H2,(H2,16,17,18,19). The van der Waals surface area contributed by atoms with E-state index in [9.17, 15) is 5.11 Å². The first-order valence-corrected chi connectivity index (χ1v) is 7.11. The van der Waals surface area contributed by atoms with E-state index in [1.54, 1.807) is 18.5 Å². The summed E-state index contributed by atoms with van der Waals surface area (Å²) in [4.78, 5) is 11.9. The molecule has 3 aromatic rings. The maximum atomic E-state index is 9.73. The largest absolute Gasteiger partial charge is 0.508 e. The Labute approximate surface area is 121 Å². The number of rotatable bonds is 2. The lowest BCUT2D eigenvalue weighted by atomic mass is 10.1. The van der Waals surface area contributed by atoms with Crippen molar-refractivity contribution in [3.05, 3.63) is 24.5 Å². The summed E-state index contributed by atoms with van der Waals surface area (Å²) in [6, 6.07) is 5.62. The van der Waals surface area contributed by atoms with Gasteiger partial charge in [0, 0.05) is 30.2 Å². The van der Waals surface area contributed by atoms with Crippen molar-refractivity contribution in [1.82, 2.24) is 15.0 Å². The minimum absolute atomic E-state index is 0.240. The number of phenolic OH excluding ortho intramolecular Hbond substituents is 1. The number of H-pyrrole nitrogens is 1. The highest BCUT2D eigenvalue weighted by molar-refractivity contribution is 6.11. The molecule has 6 heteroatoms. The average molecular weight is 284 g/mol. The quantitative estimate of drug-likeness (QED) is 0.673. The van der Waals surface area contributed by atoms with Gasteiger partial charge in [0.25, 0.3) is 0 Å². The predicted molar refractivity (Wildman–Crippen MR) is 80.5 cm³/mol. The third kappa shape index (κ3) is 2.17. The number of aromatic hydroxyl groups is 1. The Kier molecular flexibility index (Phi) is 2.89. The first-order valence-electron chi connectivity index (χ1n) is 7.11. The number of anilines is 1. The lowest BCUT2D eigenvalue weighted by Crippen LogP contribution is -2.28. The third-order valence-electron chi connectivity index (χ3n) is 3.93. The fourth-order valence-corrected chi connectivity index (χ4v) is 2.86. The Balaban J connectivity index is 1.83. The van der Waals surface area contributed by atoms with Gasteiger partial charge in [0.1, 0.15) is 23.5 Å². The molecule has 108 valence electrons. The fraction of sp³-hybridized carbons (Fsp3) is 0.333. The molecule has 0 bridgehead atoms. The number of nitrogens with one attached hydrogen (secondary N) is 2. The van der Waals surface area contributed by atoms with E-state index < -0.39 is 0 Å².